The second-order valence-electron chi connectivity index (χ2n) is 12.0. The highest BCUT2D eigenvalue weighted by atomic mass is 32.2. The molecule has 1 atom stereocenters. The van der Waals surface area contributed by atoms with E-state index in [-0.39, 0.29) is 16.9 Å². The van der Waals surface area contributed by atoms with Crippen molar-refractivity contribution in [3.8, 4) is 5.75 Å². The average molecular weight is 613 g/mol. The quantitative estimate of drug-likeness (QED) is 0.237. The smallest absolute Gasteiger partial charge is 0.264 e. The van der Waals surface area contributed by atoms with Crippen LogP contribution >= 0.6 is 0 Å². The molecule has 1 saturated carbocycles. The molecule has 0 radical (unpaired) electrons. The van der Waals surface area contributed by atoms with E-state index in [4.69, 9.17) is 4.74 Å². The summed E-state index contributed by atoms with van der Waals surface area (Å²) in [6.07, 6.45) is 7.84. The van der Waals surface area contributed by atoms with Gasteiger partial charge < -0.3 is 9.64 Å². The topological polar surface area (TPSA) is 91.8 Å². The number of hydrogen-bond donors (Lipinski definition) is 1. The fourth-order valence-electron chi connectivity index (χ4n) is 6.41. The van der Waals surface area contributed by atoms with Gasteiger partial charge in [-0.25, -0.2) is 8.42 Å². The summed E-state index contributed by atoms with van der Waals surface area (Å²) in [5.41, 5.74) is 2.56. The Kier molecular flexibility index (Phi) is 9.14. The van der Waals surface area contributed by atoms with Crippen LogP contribution in [0.25, 0.3) is 10.9 Å². The zero-order valence-corrected chi connectivity index (χ0v) is 26.0. The number of nitrogens with zero attached hydrogens (tertiary/aromatic N) is 3. The van der Waals surface area contributed by atoms with Crippen LogP contribution in [0.3, 0.4) is 0 Å². The van der Waals surface area contributed by atoms with E-state index in [0.29, 0.717) is 35.8 Å². The number of fused-ring (bicyclic) bond motifs is 1. The van der Waals surface area contributed by atoms with E-state index < -0.39 is 10.0 Å². The number of pyridine rings is 1. The molecule has 0 spiro atoms. The maximum absolute atomic E-state index is 13.4. The van der Waals surface area contributed by atoms with Gasteiger partial charge in [-0.1, -0.05) is 43.2 Å². The first-order valence-electron chi connectivity index (χ1n) is 15.6. The third-order valence-corrected chi connectivity index (χ3v) is 10.2. The summed E-state index contributed by atoms with van der Waals surface area (Å²) in [7, 11) is -3.86. The number of carbonyl (C=O) groups excluding carboxylic acids is 1. The summed E-state index contributed by atoms with van der Waals surface area (Å²) in [5, 5.41) is 0.749. The molecular formula is C35H40N4O4S. The molecule has 0 bridgehead atoms. The molecule has 9 heteroatoms. The number of ether oxygens (including phenoxy) is 1. The molecule has 44 heavy (non-hydrogen) atoms. The Hall–Kier alpha value is -3.95. The lowest BCUT2D eigenvalue weighted by Gasteiger charge is -2.23. The molecule has 8 nitrogen and oxygen atoms in total. The highest BCUT2D eigenvalue weighted by Gasteiger charge is 2.24. The predicted molar refractivity (Wildman–Crippen MR) is 173 cm³/mol. The van der Waals surface area contributed by atoms with Gasteiger partial charge in [0.05, 0.1) is 11.6 Å². The first-order valence-corrected chi connectivity index (χ1v) is 17.1. The summed E-state index contributed by atoms with van der Waals surface area (Å²) in [4.78, 5) is 22.0. The number of nitrogens with one attached hydrogen (secondary N) is 1. The molecule has 1 aromatic heterocycles. The van der Waals surface area contributed by atoms with Crippen molar-refractivity contribution in [1.82, 2.24) is 14.8 Å². The lowest BCUT2D eigenvalue weighted by molar-refractivity contribution is 0.0761. The Labute approximate surface area is 260 Å². The van der Waals surface area contributed by atoms with Crippen LogP contribution in [0.1, 0.15) is 54.9 Å². The van der Waals surface area contributed by atoms with Crippen molar-refractivity contribution in [1.29, 1.82) is 0 Å². The minimum absolute atomic E-state index is 0.0455. The molecule has 2 aliphatic rings. The first kappa shape index (κ1) is 30.1. The van der Waals surface area contributed by atoms with Crippen molar-refractivity contribution in [2.75, 3.05) is 30.9 Å². The molecule has 1 N–H and O–H groups in total. The van der Waals surface area contributed by atoms with Crippen molar-refractivity contribution in [3.63, 3.8) is 0 Å². The summed E-state index contributed by atoms with van der Waals surface area (Å²) in [6.45, 7) is 6.02. The number of benzene rings is 3. The van der Waals surface area contributed by atoms with Gasteiger partial charge in [-0.2, -0.15) is 0 Å². The zero-order valence-electron chi connectivity index (χ0n) is 25.2. The summed E-state index contributed by atoms with van der Waals surface area (Å²) >= 11 is 0. The second kappa shape index (κ2) is 13.4. The van der Waals surface area contributed by atoms with Crippen LogP contribution in [0.5, 0.6) is 5.75 Å². The lowest BCUT2D eigenvalue weighted by atomic mass is 10.0. The molecule has 2 heterocycles. The Balaban J connectivity index is 1.04. The molecule has 230 valence electrons. The summed E-state index contributed by atoms with van der Waals surface area (Å²) < 4.78 is 35.3. The monoisotopic (exact) mass is 612 g/mol. The molecule has 1 saturated heterocycles. The van der Waals surface area contributed by atoms with Crippen LogP contribution in [-0.4, -0.2) is 61.4 Å². The minimum Gasteiger partial charge on any atom is -0.490 e. The highest BCUT2D eigenvalue weighted by Crippen LogP contribution is 2.30. The van der Waals surface area contributed by atoms with Crippen molar-refractivity contribution in [2.45, 2.75) is 56.6 Å². The SMILES string of the molecule is CC(Oc1cccc(CN2CCCN(C(=O)c3ccc(NS(=O)(=O)c4cccc5cccnc45)cc3)CC2)c1)C1CCCC1. The Bertz CT molecular complexity index is 1700. The van der Waals surface area contributed by atoms with Gasteiger partial charge in [-0.3, -0.25) is 19.4 Å². The Morgan fingerprint density at radius 1 is 0.932 bits per heavy atom. The Morgan fingerprint density at radius 2 is 1.70 bits per heavy atom. The van der Waals surface area contributed by atoms with Gasteiger partial charge in [0.15, 0.2) is 0 Å². The van der Waals surface area contributed by atoms with Gasteiger partial charge in [-0.15, -0.1) is 0 Å². The molecule has 3 aromatic carbocycles. The van der Waals surface area contributed by atoms with Crippen molar-refractivity contribution in [3.05, 3.63) is 96.2 Å². The predicted octanol–water partition coefficient (Wildman–Crippen LogP) is 6.34. The second-order valence-corrected chi connectivity index (χ2v) is 13.6. The van der Waals surface area contributed by atoms with E-state index in [9.17, 15) is 13.2 Å². The number of amides is 1. The normalized spacial score (nSPS) is 17.3. The molecule has 4 aromatic rings. The molecule has 1 aliphatic carbocycles. The van der Waals surface area contributed by atoms with E-state index in [1.165, 1.54) is 31.2 Å². The van der Waals surface area contributed by atoms with Gasteiger partial charge in [-0.05, 0) is 86.2 Å². The molecule has 1 amide bonds. The number of aromatic nitrogens is 1. The summed E-state index contributed by atoms with van der Waals surface area (Å²) in [5.74, 6) is 1.55. The third kappa shape index (κ3) is 7.05. The zero-order chi connectivity index (χ0) is 30.5. The maximum atomic E-state index is 13.4. The lowest BCUT2D eigenvalue weighted by Crippen LogP contribution is -2.35. The number of para-hydroxylation sites is 1. The van der Waals surface area contributed by atoms with E-state index in [2.05, 4.69) is 45.8 Å². The third-order valence-electron chi connectivity index (χ3n) is 8.84. The van der Waals surface area contributed by atoms with Crippen LogP contribution in [0.15, 0.2) is 90.0 Å². The first-order chi connectivity index (χ1) is 21.4. The summed E-state index contributed by atoms with van der Waals surface area (Å²) in [6, 6.07) is 23.7. The van der Waals surface area contributed by atoms with E-state index in [0.717, 1.165) is 37.2 Å². The van der Waals surface area contributed by atoms with Crippen LogP contribution in [0, 0.1) is 5.92 Å². The van der Waals surface area contributed by atoms with E-state index in [1.807, 2.05) is 17.0 Å². The number of carbonyl (C=O) groups is 1. The van der Waals surface area contributed by atoms with Gasteiger partial charge in [0, 0.05) is 55.6 Å². The van der Waals surface area contributed by atoms with Crippen molar-refractivity contribution < 1.29 is 17.9 Å². The number of hydrogen-bond acceptors (Lipinski definition) is 6. The molecule has 1 aliphatic heterocycles. The van der Waals surface area contributed by atoms with Crippen LogP contribution < -0.4 is 9.46 Å². The van der Waals surface area contributed by atoms with Gasteiger partial charge in [0.2, 0.25) is 0 Å². The maximum Gasteiger partial charge on any atom is 0.264 e. The average Bonchev–Trinajstić information content (AvgIpc) is 3.48. The van der Waals surface area contributed by atoms with Crippen LogP contribution in [-0.2, 0) is 16.6 Å². The van der Waals surface area contributed by atoms with Crippen LogP contribution in [0.4, 0.5) is 5.69 Å². The van der Waals surface area contributed by atoms with Gasteiger partial charge in [0.1, 0.15) is 10.6 Å². The van der Waals surface area contributed by atoms with E-state index >= 15 is 0 Å². The molecule has 1 unspecified atom stereocenters. The standard InChI is InChI=1S/C35H40N4O4S/c1-26(28-9-2-3-10-28)43-32-13-4-8-27(24-32)25-38-20-7-21-39(23-22-38)35(40)30-15-17-31(18-16-30)37-44(41,42)33-14-5-11-29-12-6-19-36-34(29)33/h4-6,8,11-19,24,26,28,37H,2-3,7,9-10,20-23,25H2,1H3. The fraction of sp³-hybridized carbons (Fsp3) is 0.371. The highest BCUT2D eigenvalue weighted by molar-refractivity contribution is 7.93. The van der Waals surface area contributed by atoms with Crippen molar-refractivity contribution in [2.24, 2.45) is 5.92 Å². The largest absolute Gasteiger partial charge is 0.490 e. The molecular weight excluding hydrogens is 572 g/mol. The number of sulfonamides is 1. The Morgan fingerprint density at radius 3 is 2.52 bits per heavy atom. The number of rotatable bonds is 9. The molecule has 2 fully saturated rings. The fourth-order valence-corrected chi connectivity index (χ4v) is 7.65. The van der Waals surface area contributed by atoms with E-state index in [1.54, 1.807) is 48.7 Å². The van der Waals surface area contributed by atoms with Gasteiger partial charge in [0.25, 0.3) is 15.9 Å². The molecule has 6 rings (SSSR count). The van der Waals surface area contributed by atoms with Gasteiger partial charge >= 0.3 is 0 Å². The van der Waals surface area contributed by atoms with Crippen molar-refractivity contribution >= 4 is 32.5 Å². The minimum atomic E-state index is -3.86. The van der Waals surface area contributed by atoms with Crippen LogP contribution in [0.2, 0.25) is 0 Å². The number of anilines is 1.